The van der Waals surface area contributed by atoms with Crippen LogP contribution in [0.5, 0.6) is 0 Å². The van der Waals surface area contributed by atoms with E-state index in [1.165, 1.54) is 101 Å². The van der Waals surface area contributed by atoms with Crippen LogP contribution in [0.1, 0.15) is 122 Å². The van der Waals surface area contributed by atoms with E-state index >= 15 is 0 Å². The van der Waals surface area contributed by atoms with E-state index in [-0.39, 0.29) is 17.2 Å². The summed E-state index contributed by atoms with van der Waals surface area (Å²) in [5.74, 6) is -0.161. The Balaban J connectivity index is 1.58. The van der Waals surface area contributed by atoms with Crippen LogP contribution in [0.15, 0.2) is 28.2 Å². The second-order valence-electron chi connectivity index (χ2n) is 9.67. The summed E-state index contributed by atoms with van der Waals surface area (Å²) in [6, 6.07) is 4.21. The van der Waals surface area contributed by atoms with Crippen molar-refractivity contribution in [1.29, 1.82) is 0 Å². The predicted octanol–water partition coefficient (Wildman–Crippen LogP) is 7.60. The number of hydrogen-bond acceptors (Lipinski definition) is 4. The van der Waals surface area contributed by atoms with Crippen molar-refractivity contribution < 1.29 is 17.8 Å². The van der Waals surface area contributed by atoms with Crippen molar-refractivity contribution in [3.63, 3.8) is 0 Å². The number of hydrazone groups is 1. The first kappa shape index (κ1) is 28.5. The van der Waals surface area contributed by atoms with E-state index in [0.717, 1.165) is 30.5 Å². The highest BCUT2D eigenvalue weighted by Crippen LogP contribution is 2.28. The van der Waals surface area contributed by atoms with Crippen molar-refractivity contribution >= 4 is 27.4 Å². The number of rotatable bonds is 18. The topological polar surface area (TPSA) is 87.0 Å². The van der Waals surface area contributed by atoms with Crippen LogP contribution in [-0.2, 0) is 14.9 Å². The number of unbranched alkanes of at least 4 members (excludes halogenated alkanes) is 14. The number of carbonyl (C=O) groups is 1. The smallest absolute Gasteiger partial charge is 0.282 e. The summed E-state index contributed by atoms with van der Waals surface area (Å²) >= 11 is 0. The van der Waals surface area contributed by atoms with E-state index in [9.17, 15) is 17.8 Å². The highest BCUT2D eigenvalue weighted by atomic mass is 32.2. The third-order valence-electron chi connectivity index (χ3n) is 6.61. The molecule has 0 spiro atoms. The van der Waals surface area contributed by atoms with E-state index in [1.807, 2.05) is 0 Å². The minimum Gasteiger partial charge on any atom is -0.282 e. The molecule has 7 heteroatoms. The van der Waals surface area contributed by atoms with Crippen LogP contribution in [0, 0.1) is 6.92 Å². The van der Waals surface area contributed by atoms with Gasteiger partial charge in [0.05, 0.1) is 17.0 Å². The molecule has 0 fully saturated rings. The molecule has 0 aromatic heterocycles. The number of nitrogens with zero attached hydrogens (tertiary/aromatic N) is 2. The maximum atomic E-state index is 12.5. The Bertz CT molecular complexity index is 896. The quantitative estimate of drug-likeness (QED) is 0.169. The minimum atomic E-state index is -4.33. The van der Waals surface area contributed by atoms with Crippen molar-refractivity contribution in [2.45, 2.75) is 128 Å². The minimum absolute atomic E-state index is 0.161. The summed E-state index contributed by atoms with van der Waals surface area (Å²) in [6.07, 6.45) is 20.8. The number of aryl methyl sites for hydroxylation is 1. The second kappa shape index (κ2) is 15.3. The molecule has 0 saturated heterocycles. The van der Waals surface area contributed by atoms with Gasteiger partial charge in [0.25, 0.3) is 16.0 Å². The van der Waals surface area contributed by atoms with E-state index in [4.69, 9.17) is 0 Å². The van der Waals surface area contributed by atoms with Crippen molar-refractivity contribution in [2.75, 3.05) is 5.01 Å². The number of anilines is 1. The molecule has 0 bridgehead atoms. The average Bonchev–Trinajstić information content (AvgIpc) is 3.16. The van der Waals surface area contributed by atoms with Crippen LogP contribution in [0.4, 0.5) is 5.69 Å². The Morgan fingerprint density at radius 1 is 0.853 bits per heavy atom. The standard InChI is InChI=1S/C27H44N2O4S/c1-3-4-5-6-7-8-9-10-11-12-13-14-15-16-17-18-24-21-27(30)29(28-24)26-22-25(34(31,32)33)20-19-23(26)2/h19-20,22H,3-18,21H2,1-2H3,(H,31,32,33). The van der Waals surface area contributed by atoms with Gasteiger partial charge in [0, 0.05) is 5.71 Å². The number of amides is 1. The van der Waals surface area contributed by atoms with Crippen molar-refractivity contribution in [2.24, 2.45) is 5.10 Å². The molecule has 1 N–H and O–H groups in total. The van der Waals surface area contributed by atoms with E-state index in [0.29, 0.717) is 5.69 Å². The molecule has 0 atom stereocenters. The Hall–Kier alpha value is -1.73. The zero-order valence-corrected chi connectivity index (χ0v) is 22.0. The lowest BCUT2D eigenvalue weighted by molar-refractivity contribution is -0.116. The molecule has 1 aromatic carbocycles. The van der Waals surface area contributed by atoms with Gasteiger partial charge in [0.2, 0.25) is 0 Å². The highest BCUT2D eigenvalue weighted by Gasteiger charge is 2.27. The summed E-state index contributed by atoms with van der Waals surface area (Å²) in [4.78, 5) is 12.2. The predicted molar refractivity (Wildman–Crippen MR) is 140 cm³/mol. The Morgan fingerprint density at radius 3 is 1.85 bits per heavy atom. The molecule has 0 unspecified atom stereocenters. The Kier molecular flexibility index (Phi) is 12.8. The number of carbonyl (C=O) groups excluding carboxylic acids is 1. The highest BCUT2D eigenvalue weighted by molar-refractivity contribution is 7.85. The van der Waals surface area contributed by atoms with E-state index < -0.39 is 10.1 Å². The Morgan fingerprint density at radius 2 is 1.35 bits per heavy atom. The molecule has 1 amide bonds. The first-order chi connectivity index (χ1) is 16.3. The fourth-order valence-electron chi connectivity index (χ4n) is 4.49. The van der Waals surface area contributed by atoms with Gasteiger partial charge in [0.15, 0.2) is 0 Å². The molecule has 1 aromatic rings. The molecule has 192 valence electrons. The zero-order chi connectivity index (χ0) is 24.8. The lowest BCUT2D eigenvalue weighted by Gasteiger charge is -2.15. The summed E-state index contributed by atoms with van der Waals surface area (Å²) in [5.41, 5.74) is 1.99. The van der Waals surface area contributed by atoms with Gasteiger partial charge < -0.3 is 0 Å². The summed E-state index contributed by atoms with van der Waals surface area (Å²) < 4.78 is 32.2. The average molecular weight is 493 g/mol. The number of benzene rings is 1. The summed E-state index contributed by atoms with van der Waals surface area (Å²) in [7, 11) is -4.33. The molecule has 1 aliphatic rings. The molecule has 34 heavy (non-hydrogen) atoms. The van der Waals surface area contributed by atoms with Gasteiger partial charge >= 0.3 is 0 Å². The maximum Gasteiger partial charge on any atom is 0.294 e. The van der Waals surface area contributed by atoms with Crippen LogP contribution >= 0.6 is 0 Å². The fraction of sp³-hybridized carbons (Fsp3) is 0.704. The fourth-order valence-corrected chi connectivity index (χ4v) is 4.99. The first-order valence-electron chi connectivity index (χ1n) is 13.3. The molecule has 1 aliphatic heterocycles. The molecule has 1 heterocycles. The first-order valence-corrected chi connectivity index (χ1v) is 14.7. The molecular formula is C27H44N2O4S. The van der Waals surface area contributed by atoms with Crippen LogP contribution in [0.25, 0.3) is 0 Å². The second-order valence-corrected chi connectivity index (χ2v) is 11.1. The lowest BCUT2D eigenvalue weighted by Crippen LogP contribution is -2.20. The van der Waals surface area contributed by atoms with Gasteiger partial charge in [-0.3, -0.25) is 9.35 Å². The van der Waals surface area contributed by atoms with Gasteiger partial charge in [-0.25, -0.2) is 5.01 Å². The van der Waals surface area contributed by atoms with Crippen LogP contribution in [0.2, 0.25) is 0 Å². The maximum absolute atomic E-state index is 12.5. The van der Waals surface area contributed by atoms with Crippen LogP contribution in [-0.4, -0.2) is 24.6 Å². The third-order valence-corrected chi connectivity index (χ3v) is 7.46. The SMILES string of the molecule is CCCCCCCCCCCCCCCCCC1=NN(c2cc(S(=O)(=O)O)ccc2C)C(=O)C1. The van der Waals surface area contributed by atoms with Gasteiger partial charge in [-0.2, -0.15) is 13.5 Å². The van der Waals surface area contributed by atoms with Crippen molar-refractivity contribution in [1.82, 2.24) is 0 Å². The van der Waals surface area contributed by atoms with Crippen LogP contribution in [0.3, 0.4) is 0 Å². The zero-order valence-electron chi connectivity index (χ0n) is 21.2. The van der Waals surface area contributed by atoms with Crippen LogP contribution < -0.4 is 5.01 Å². The van der Waals surface area contributed by atoms with E-state index in [2.05, 4.69) is 12.0 Å². The van der Waals surface area contributed by atoms with Gasteiger partial charge in [-0.05, 0) is 37.5 Å². The van der Waals surface area contributed by atoms with Crippen molar-refractivity contribution in [3.8, 4) is 0 Å². The number of hydrogen-bond donors (Lipinski definition) is 1. The van der Waals surface area contributed by atoms with Gasteiger partial charge in [-0.1, -0.05) is 103 Å². The molecule has 0 aliphatic carbocycles. The lowest BCUT2D eigenvalue weighted by atomic mass is 10.0. The normalized spacial score (nSPS) is 14.1. The third kappa shape index (κ3) is 10.3. The Labute approximate surface area is 207 Å². The largest absolute Gasteiger partial charge is 0.294 e. The van der Waals surface area contributed by atoms with E-state index in [1.54, 1.807) is 13.0 Å². The molecular weight excluding hydrogens is 448 g/mol. The van der Waals surface area contributed by atoms with Crippen molar-refractivity contribution in [3.05, 3.63) is 23.8 Å². The van der Waals surface area contributed by atoms with Gasteiger partial charge in [0.1, 0.15) is 0 Å². The monoisotopic (exact) mass is 492 g/mol. The molecule has 0 radical (unpaired) electrons. The molecule has 6 nitrogen and oxygen atoms in total. The summed E-state index contributed by atoms with van der Waals surface area (Å²) in [6.45, 7) is 4.05. The summed E-state index contributed by atoms with van der Waals surface area (Å²) in [5, 5.41) is 5.73. The molecule has 2 rings (SSSR count). The van der Waals surface area contributed by atoms with Gasteiger partial charge in [-0.15, -0.1) is 0 Å². The molecule has 0 saturated carbocycles.